The number of carboxylic acids is 1. The van der Waals surface area contributed by atoms with Crippen LogP contribution in [0.4, 0.5) is 5.69 Å². The van der Waals surface area contributed by atoms with Crippen LogP contribution >= 0.6 is 11.6 Å². The summed E-state index contributed by atoms with van der Waals surface area (Å²) in [5.41, 5.74) is 3.54. The minimum atomic E-state index is -1.10. The maximum Gasteiger partial charge on any atom is 0.336 e. The molecule has 192 valence electrons. The zero-order valence-corrected chi connectivity index (χ0v) is 21.3. The molecule has 0 radical (unpaired) electrons. The van der Waals surface area contributed by atoms with Crippen LogP contribution in [0.15, 0.2) is 65.3 Å². The maximum absolute atomic E-state index is 13.8. The van der Waals surface area contributed by atoms with E-state index in [9.17, 15) is 19.5 Å². The van der Waals surface area contributed by atoms with Gasteiger partial charge in [-0.15, -0.1) is 0 Å². The van der Waals surface area contributed by atoms with Crippen molar-refractivity contribution in [3.8, 4) is 11.1 Å². The summed E-state index contributed by atoms with van der Waals surface area (Å²) < 4.78 is 5.28. The van der Waals surface area contributed by atoms with Crippen molar-refractivity contribution in [1.29, 1.82) is 0 Å². The fourth-order valence-electron chi connectivity index (χ4n) is 4.71. The van der Waals surface area contributed by atoms with Crippen molar-refractivity contribution in [1.82, 2.24) is 15.0 Å². The van der Waals surface area contributed by atoms with Gasteiger partial charge in [-0.25, -0.2) is 4.79 Å². The van der Waals surface area contributed by atoms with Crippen LogP contribution in [-0.4, -0.2) is 44.0 Å². The van der Waals surface area contributed by atoms with Crippen molar-refractivity contribution in [2.75, 3.05) is 5.32 Å². The van der Waals surface area contributed by atoms with Crippen LogP contribution in [-0.2, 0) is 17.8 Å². The zero-order chi connectivity index (χ0) is 27.0. The summed E-state index contributed by atoms with van der Waals surface area (Å²) in [6, 6.07) is 14.1. The van der Waals surface area contributed by atoms with Gasteiger partial charge in [0.25, 0.3) is 5.91 Å². The first-order chi connectivity index (χ1) is 18.2. The van der Waals surface area contributed by atoms with Crippen LogP contribution in [0, 0.1) is 13.8 Å². The fourth-order valence-corrected chi connectivity index (χ4v) is 4.88. The highest BCUT2D eigenvalue weighted by Gasteiger charge is 2.36. The first kappa shape index (κ1) is 25.2. The molecule has 0 fully saturated rings. The van der Waals surface area contributed by atoms with E-state index in [4.69, 9.17) is 16.1 Å². The molecule has 0 aliphatic carbocycles. The lowest BCUT2D eigenvalue weighted by atomic mass is 9.95. The predicted molar refractivity (Wildman–Crippen MR) is 140 cm³/mol. The number of amides is 2. The van der Waals surface area contributed by atoms with E-state index in [0.717, 1.165) is 0 Å². The number of hydrogen-bond acceptors (Lipinski definition) is 6. The Kier molecular flexibility index (Phi) is 6.69. The first-order valence-electron chi connectivity index (χ1n) is 11.8. The van der Waals surface area contributed by atoms with Gasteiger partial charge in [0.1, 0.15) is 11.8 Å². The van der Waals surface area contributed by atoms with Crippen molar-refractivity contribution in [3.05, 3.63) is 99.7 Å². The Morgan fingerprint density at radius 1 is 1.11 bits per heavy atom. The summed E-state index contributed by atoms with van der Waals surface area (Å²) in [7, 11) is 0. The van der Waals surface area contributed by atoms with Crippen molar-refractivity contribution >= 4 is 35.1 Å². The summed E-state index contributed by atoms with van der Waals surface area (Å²) in [5.74, 6) is -1.36. The number of carbonyl (C=O) groups excluding carboxylic acids is 2. The number of nitrogens with one attached hydrogen (secondary N) is 1. The molecule has 1 atom stereocenters. The van der Waals surface area contributed by atoms with Gasteiger partial charge in [0, 0.05) is 41.0 Å². The second kappa shape index (κ2) is 10.1. The minimum Gasteiger partial charge on any atom is -0.478 e. The van der Waals surface area contributed by atoms with Gasteiger partial charge in [-0.2, -0.15) is 0 Å². The number of carboxylic acid groups (broad SMARTS) is 1. The van der Waals surface area contributed by atoms with Crippen LogP contribution in [0.5, 0.6) is 0 Å². The molecule has 10 heteroatoms. The van der Waals surface area contributed by atoms with Gasteiger partial charge >= 0.3 is 5.97 Å². The molecule has 0 bridgehead atoms. The minimum absolute atomic E-state index is 0.0437. The van der Waals surface area contributed by atoms with Gasteiger partial charge in [-0.3, -0.25) is 14.6 Å². The average molecular weight is 531 g/mol. The van der Waals surface area contributed by atoms with Gasteiger partial charge in [0.2, 0.25) is 5.91 Å². The van der Waals surface area contributed by atoms with Crippen LogP contribution in [0.2, 0.25) is 5.02 Å². The smallest absolute Gasteiger partial charge is 0.336 e. The van der Waals surface area contributed by atoms with E-state index in [1.165, 1.54) is 11.0 Å². The highest BCUT2D eigenvalue weighted by atomic mass is 35.5. The molecule has 1 aliphatic heterocycles. The highest BCUT2D eigenvalue weighted by molar-refractivity contribution is 6.31. The molecule has 0 saturated heterocycles. The number of hydrogen-bond donors (Lipinski definition) is 2. The monoisotopic (exact) mass is 530 g/mol. The molecule has 0 spiro atoms. The number of aryl methyl sites for hydroxylation is 2. The molecule has 5 rings (SSSR count). The number of halogens is 1. The summed E-state index contributed by atoms with van der Waals surface area (Å²) >= 11 is 6.14. The lowest BCUT2D eigenvalue weighted by molar-refractivity contribution is -0.120. The Balaban J connectivity index is 1.60. The van der Waals surface area contributed by atoms with Crippen molar-refractivity contribution in [2.24, 2.45) is 0 Å². The third kappa shape index (κ3) is 4.76. The zero-order valence-electron chi connectivity index (χ0n) is 20.6. The summed E-state index contributed by atoms with van der Waals surface area (Å²) in [6.07, 6.45) is 1.81. The van der Waals surface area contributed by atoms with Crippen molar-refractivity contribution < 1.29 is 24.0 Å². The van der Waals surface area contributed by atoms with E-state index in [1.807, 2.05) is 6.07 Å². The largest absolute Gasteiger partial charge is 0.478 e. The lowest BCUT2D eigenvalue weighted by Gasteiger charge is -2.29. The molecule has 3 heterocycles. The average Bonchev–Trinajstić information content (AvgIpc) is 3.19. The predicted octanol–water partition coefficient (Wildman–Crippen LogP) is 4.91. The number of aromatic carboxylic acids is 1. The maximum atomic E-state index is 13.8. The number of anilines is 1. The van der Waals surface area contributed by atoms with Crippen LogP contribution in [0.3, 0.4) is 0 Å². The highest BCUT2D eigenvalue weighted by Crippen LogP contribution is 2.33. The van der Waals surface area contributed by atoms with Gasteiger partial charge in [0.15, 0.2) is 0 Å². The molecule has 9 nitrogen and oxygen atoms in total. The number of pyridine rings is 1. The molecule has 2 amide bonds. The molecular formula is C28H23ClN4O5. The Bertz CT molecular complexity index is 1550. The first-order valence-corrected chi connectivity index (χ1v) is 12.2. The number of carbonyl (C=O) groups is 3. The molecule has 1 unspecified atom stereocenters. The van der Waals surface area contributed by atoms with Crippen LogP contribution < -0.4 is 5.32 Å². The third-order valence-corrected chi connectivity index (χ3v) is 6.74. The summed E-state index contributed by atoms with van der Waals surface area (Å²) in [6.45, 7) is 3.49. The molecule has 2 aromatic heterocycles. The second-order valence-corrected chi connectivity index (χ2v) is 9.47. The van der Waals surface area contributed by atoms with E-state index >= 15 is 0 Å². The quantitative estimate of drug-likeness (QED) is 0.362. The van der Waals surface area contributed by atoms with E-state index in [2.05, 4.69) is 15.5 Å². The number of benzene rings is 2. The second-order valence-electron chi connectivity index (χ2n) is 9.04. The molecular weight excluding hydrogens is 508 g/mol. The molecule has 2 aromatic carbocycles. The Hall–Kier alpha value is -4.50. The summed E-state index contributed by atoms with van der Waals surface area (Å²) in [5, 5.41) is 17.0. The third-order valence-electron chi connectivity index (χ3n) is 6.51. The summed E-state index contributed by atoms with van der Waals surface area (Å²) in [4.78, 5) is 45.1. The SMILES string of the molecule is Cc1noc(C)c1-c1cc(CN2C(=O)c3ccc(Cl)cc3NC(=O)C2Cc2ccccn2)ccc1C(=O)O. The van der Waals surface area contributed by atoms with Crippen molar-refractivity contribution in [3.63, 3.8) is 0 Å². The number of rotatable bonds is 6. The number of nitrogens with zero attached hydrogens (tertiary/aromatic N) is 3. The normalized spacial score (nSPS) is 15.1. The van der Waals surface area contributed by atoms with E-state index < -0.39 is 12.0 Å². The molecule has 38 heavy (non-hydrogen) atoms. The molecule has 0 saturated carbocycles. The van der Waals surface area contributed by atoms with Gasteiger partial charge in [-0.1, -0.05) is 28.9 Å². The Morgan fingerprint density at radius 3 is 2.61 bits per heavy atom. The standard InChI is InChI=1S/C28H23ClN4O5/c1-15-25(16(2)38-32-15)22-11-17(6-8-20(22)28(36)37)14-33-24(13-19-5-3-4-10-30-19)26(34)31-23-12-18(29)7-9-21(23)27(33)35/h3-12,24H,13-14H2,1-2H3,(H,31,34)(H,36,37). The topological polar surface area (TPSA) is 126 Å². The molecule has 1 aliphatic rings. The van der Waals surface area contributed by atoms with Gasteiger partial charge in [-0.05, 0) is 61.9 Å². The van der Waals surface area contributed by atoms with Crippen LogP contribution in [0.1, 0.15) is 43.4 Å². The molecule has 2 N–H and O–H groups in total. The van der Waals surface area contributed by atoms with Crippen molar-refractivity contribution in [2.45, 2.75) is 32.9 Å². The molecule has 4 aromatic rings. The number of aromatic nitrogens is 2. The van der Waals surface area contributed by atoms with Gasteiger partial charge in [0.05, 0.1) is 22.5 Å². The van der Waals surface area contributed by atoms with E-state index in [1.54, 1.807) is 62.5 Å². The van der Waals surface area contributed by atoms with E-state index in [0.29, 0.717) is 50.1 Å². The fraction of sp³-hybridized carbons (Fsp3) is 0.179. The Labute approximate surface area is 223 Å². The number of fused-ring (bicyclic) bond motifs is 1. The van der Waals surface area contributed by atoms with Crippen LogP contribution in [0.25, 0.3) is 11.1 Å². The lowest BCUT2D eigenvalue weighted by Crippen LogP contribution is -2.46. The van der Waals surface area contributed by atoms with Gasteiger partial charge < -0.3 is 19.8 Å². The Morgan fingerprint density at radius 2 is 1.92 bits per heavy atom. The van der Waals surface area contributed by atoms with E-state index in [-0.39, 0.29) is 30.3 Å².